The third kappa shape index (κ3) is 3.10. The normalized spacial score (nSPS) is 11.2. The minimum Gasteiger partial charge on any atom is -0.449 e. The molecule has 4 nitrogen and oxygen atoms in total. The van der Waals surface area contributed by atoms with Gasteiger partial charge < -0.3 is 9.40 Å². The molecule has 0 bridgehead atoms. The molecule has 6 aromatic rings. The summed E-state index contributed by atoms with van der Waals surface area (Å²) in [5.41, 5.74) is 8.08. The lowest BCUT2D eigenvalue weighted by Gasteiger charge is -2.08. The van der Waals surface area contributed by atoms with Crippen LogP contribution in [-0.4, -0.2) is 9.97 Å². The highest BCUT2D eigenvalue weighted by molar-refractivity contribution is 6.03. The number of benzene rings is 4. The standard InChI is InChI=1S/C28H18N2O2/c31-28-27-26(29-17-30-28)24-16-23(13-14-25(24)32-27)22-8-4-7-21(15-22)20-11-9-19(10-12-20)18-5-2-1-3-6-18/h1-17H,(H,29,30,31). The number of rotatable bonds is 3. The third-order valence-electron chi connectivity index (χ3n) is 5.78. The zero-order chi connectivity index (χ0) is 21.5. The minimum atomic E-state index is -0.270. The quantitative estimate of drug-likeness (QED) is 0.352. The molecule has 4 aromatic carbocycles. The van der Waals surface area contributed by atoms with Gasteiger partial charge in [0.15, 0.2) is 0 Å². The van der Waals surface area contributed by atoms with Gasteiger partial charge in [-0.25, -0.2) is 4.98 Å². The van der Waals surface area contributed by atoms with Crippen LogP contribution in [0.25, 0.3) is 55.4 Å². The van der Waals surface area contributed by atoms with Crippen molar-refractivity contribution in [2.24, 2.45) is 0 Å². The summed E-state index contributed by atoms with van der Waals surface area (Å²) in [5, 5.41) is 0.834. The fraction of sp³-hybridized carbons (Fsp3) is 0. The Labute approximate surface area is 183 Å². The fourth-order valence-electron chi connectivity index (χ4n) is 4.13. The topological polar surface area (TPSA) is 58.9 Å². The van der Waals surface area contributed by atoms with Gasteiger partial charge in [0.25, 0.3) is 5.56 Å². The first-order chi connectivity index (χ1) is 15.8. The average Bonchev–Trinajstić information content (AvgIpc) is 3.24. The Kier molecular flexibility index (Phi) is 4.22. The number of aromatic nitrogens is 2. The van der Waals surface area contributed by atoms with E-state index in [4.69, 9.17) is 4.42 Å². The molecule has 0 amide bonds. The van der Waals surface area contributed by atoms with Gasteiger partial charge in [-0.2, -0.15) is 0 Å². The highest BCUT2D eigenvalue weighted by Crippen LogP contribution is 2.32. The smallest absolute Gasteiger partial charge is 0.294 e. The number of furan rings is 1. The van der Waals surface area contributed by atoms with Crippen LogP contribution in [-0.2, 0) is 0 Å². The highest BCUT2D eigenvalue weighted by atomic mass is 16.3. The highest BCUT2D eigenvalue weighted by Gasteiger charge is 2.12. The second-order valence-corrected chi connectivity index (χ2v) is 7.75. The van der Waals surface area contributed by atoms with Gasteiger partial charge in [-0.05, 0) is 51.6 Å². The Balaban J connectivity index is 1.40. The van der Waals surface area contributed by atoms with Crippen LogP contribution in [0.5, 0.6) is 0 Å². The number of nitrogens with one attached hydrogen (secondary N) is 1. The molecule has 0 unspecified atom stereocenters. The van der Waals surface area contributed by atoms with Gasteiger partial charge in [-0.15, -0.1) is 0 Å². The molecule has 0 spiro atoms. The Bertz CT molecular complexity index is 1630. The maximum atomic E-state index is 12.0. The Morgan fingerprint density at radius 1 is 0.625 bits per heavy atom. The van der Waals surface area contributed by atoms with E-state index in [-0.39, 0.29) is 11.1 Å². The molecular formula is C28H18N2O2. The first kappa shape index (κ1) is 18.3. The maximum Gasteiger partial charge on any atom is 0.294 e. The van der Waals surface area contributed by atoms with E-state index in [1.54, 1.807) is 0 Å². The van der Waals surface area contributed by atoms with Gasteiger partial charge in [0, 0.05) is 5.39 Å². The van der Waals surface area contributed by atoms with Gasteiger partial charge in [0.1, 0.15) is 11.1 Å². The van der Waals surface area contributed by atoms with E-state index in [1.165, 1.54) is 17.5 Å². The number of fused-ring (bicyclic) bond motifs is 3. The molecule has 1 N–H and O–H groups in total. The lowest BCUT2D eigenvalue weighted by Crippen LogP contribution is -2.03. The fourth-order valence-corrected chi connectivity index (χ4v) is 4.13. The molecular weight excluding hydrogens is 396 g/mol. The number of aromatic amines is 1. The summed E-state index contributed by atoms with van der Waals surface area (Å²) in [7, 11) is 0. The van der Waals surface area contributed by atoms with Crippen molar-refractivity contribution in [2.45, 2.75) is 0 Å². The molecule has 2 aromatic heterocycles. The van der Waals surface area contributed by atoms with E-state index in [9.17, 15) is 4.79 Å². The lowest BCUT2D eigenvalue weighted by molar-refractivity contribution is 0.661. The summed E-state index contributed by atoms with van der Waals surface area (Å²) >= 11 is 0. The largest absolute Gasteiger partial charge is 0.449 e. The summed E-state index contributed by atoms with van der Waals surface area (Å²) in [6.07, 6.45) is 1.41. The van der Waals surface area contributed by atoms with Crippen molar-refractivity contribution in [3.8, 4) is 33.4 Å². The first-order valence-corrected chi connectivity index (χ1v) is 10.4. The Morgan fingerprint density at radius 2 is 1.22 bits per heavy atom. The van der Waals surface area contributed by atoms with E-state index in [0.717, 1.165) is 27.6 Å². The van der Waals surface area contributed by atoms with E-state index < -0.39 is 0 Å². The number of nitrogens with zero attached hydrogens (tertiary/aromatic N) is 1. The molecule has 0 aliphatic rings. The van der Waals surface area contributed by atoms with Gasteiger partial charge in [-0.3, -0.25) is 4.79 Å². The van der Waals surface area contributed by atoms with Crippen LogP contribution in [0.4, 0.5) is 0 Å². The summed E-state index contributed by atoms with van der Waals surface area (Å²) in [6.45, 7) is 0. The molecule has 0 saturated heterocycles. The molecule has 0 aliphatic carbocycles. The summed E-state index contributed by atoms with van der Waals surface area (Å²) in [4.78, 5) is 18.9. The molecule has 0 atom stereocenters. The second-order valence-electron chi connectivity index (χ2n) is 7.75. The van der Waals surface area contributed by atoms with Crippen LogP contribution in [0.15, 0.2) is 113 Å². The van der Waals surface area contributed by atoms with E-state index in [2.05, 4.69) is 82.8 Å². The van der Waals surface area contributed by atoms with Gasteiger partial charge in [0.05, 0.1) is 6.33 Å². The maximum absolute atomic E-state index is 12.0. The van der Waals surface area contributed by atoms with E-state index in [0.29, 0.717) is 11.1 Å². The molecule has 2 heterocycles. The molecule has 32 heavy (non-hydrogen) atoms. The average molecular weight is 414 g/mol. The predicted octanol–water partition coefficient (Wildman–Crippen LogP) is 6.67. The first-order valence-electron chi connectivity index (χ1n) is 10.4. The SMILES string of the molecule is O=c1[nH]cnc2c1oc1ccc(-c3cccc(-c4ccc(-c5ccccc5)cc4)c3)cc12. The van der Waals surface area contributed by atoms with Gasteiger partial charge >= 0.3 is 0 Å². The lowest BCUT2D eigenvalue weighted by atomic mass is 9.97. The monoisotopic (exact) mass is 414 g/mol. The van der Waals surface area contributed by atoms with Gasteiger partial charge in [0.2, 0.25) is 5.58 Å². The predicted molar refractivity (Wildman–Crippen MR) is 128 cm³/mol. The van der Waals surface area contributed by atoms with Crippen LogP contribution in [0.1, 0.15) is 0 Å². The van der Waals surface area contributed by atoms with Crippen molar-refractivity contribution < 1.29 is 4.42 Å². The Morgan fingerprint density at radius 3 is 2.00 bits per heavy atom. The van der Waals surface area contributed by atoms with Crippen molar-refractivity contribution >= 4 is 22.1 Å². The second kappa shape index (κ2) is 7.36. The summed E-state index contributed by atoms with van der Waals surface area (Å²) < 4.78 is 5.71. The van der Waals surface area contributed by atoms with Crippen molar-refractivity contribution in [3.05, 3.63) is 114 Å². The number of H-pyrrole nitrogens is 1. The molecule has 152 valence electrons. The third-order valence-corrected chi connectivity index (χ3v) is 5.78. The Hall–Kier alpha value is -4.44. The zero-order valence-corrected chi connectivity index (χ0v) is 17.1. The molecule has 0 saturated carbocycles. The van der Waals surface area contributed by atoms with Gasteiger partial charge in [-0.1, -0.05) is 78.9 Å². The van der Waals surface area contributed by atoms with E-state index in [1.807, 2.05) is 24.3 Å². The minimum absolute atomic E-state index is 0.256. The molecule has 0 fully saturated rings. The van der Waals surface area contributed by atoms with E-state index >= 15 is 0 Å². The zero-order valence-electron chi connectivity index (χ0n) is 17.1. The number of hydrogen-bond acceptors (Lipinski definition) is 3. The van der Waals surface area contributed by atoms with Crippen molar-refractivity contribution in [1.29, 1.82) is 0 Å². The van der Waals surface area contributed by atoms with Crippen molar-refractivity contribution in [2.75, 3.05) is 0 Å². The molecule has 0 aliphatic heterocycles. The van der Waals surface area contributed by atoms with Crippen LogP contribution >= 0.6 is 0 Å². The van der Waals surface area contributed by atoms with Crippen molar-refractivity contribution in [1.82, 2.24) is 9.97 Å². The summed E-state index contributed by atoms with van der Waals surface area (Å²) in [5.74, 6) is 0. The van der Waals surface area contributed by atoms with Crippen LogP contribution in [0, 0.1) is 0 Å². The van der Waals surface area contributed by atoms with Crippen LogP contribution in [0.3, 0.4) is 0 Å². The number of hydrogen-bond donors (Lipinski definition) is 1. The van der Waals surface area contributed by atoms with Crippen molar-refractivity contribution in [3.63, 3.8) is 0 Å². The van der Waals surface area contributed by atoms with Crippen LogP contribution < -0.4 is 5.56 Å². The molecule has 0 radical (unpaired) electrons. The van der Waals surface area contributed by atoms with Crippen LogP contribution in [0.2, 0.25) is 0 Å². The summed E-state index contributed by atoms with van der Waals surface area (Å²) in [6, 6.07) is 33.4. The molecule has 6 rings (SSSR count). The molecule has 4 heteroatoms.